The lowest BCUT2D eigenvalue weighted by molar-refractivity contribution is -0.00893. The van der Waals surface area contributed by atoms with E-state index >= 15 is 0 Å². The topological polar surface area (TPSA) is 34.1 Å². The molecule has 13 heavy (non-hydrogen) atoms. The summed E-state index contributed by atoms with van der Waals surface area (Å²) in [5.41, 5.74) is -10.7. The predicted octanol–water partition coefficient (Wildman–Crippen LogP) is 1.02. The molecule has 0 spiro atoms. The molecule has 0 bridgehead atoms. The van der Waals surface area contributed by atoms with Crippen molar-refractivity contribution in [3.8, 4) is 0 Å². The standard InChI is InChI=1S/C5H5F5O2S/c6-1-5(10)2(7)3(8)13(11,12)4(5)9/h2-4H,1H2. The number of rotatable bonds is 1. The highest BCUT2D eigenvalue weighted by molar-refractivity contribution is 7.92. The van der Waals surface area contributed by atoms with Gasteiger partial charge in [-0.1, -0.05) is 0 Å². The smallest absolute Gasteiger partial charge is 0.243 e. The maximum Gasteiger partial charge on any atom is 0.243 e. The molecule has 0 aromatic carbocycles. The number of alkyl halides is 5. The van der Waals surface area contributed by atoms with Gasteiger partial charge in [0, 0.05) is 0 Å². The van der Waals surface area contributed by atoms with Crippen LogP contribution >= 0.6 is 0 Å². The van der Waals surface area contributed by atoms with Gasteiger partial charge in [-0.15, -0.1) is 0 Å². The molecule has 1 heterocycles. The number of sulfone groups is 1. The largest absolute Gasteiger partial charge is 0.247 e. The monoisotopic (exact) mass is 224 g/mol. The van der Waals surface area contributed by atoms with Crippen LogP contribution < -0.4 is 0 Å². The Morgan fingerprint density at radius 1 is 1.23 bits per heavy atom. The van der Waals surface area contributed by atoms with Gasteiger partial charge in [-0.25, -0.2) is 30.4 Å². The van der Waals surface area contributed by atoms with Gasteiger partial charge in [-0.3, -0.25) is 0 Å². The number of halogens is 5. The van der Waals surface area contributed by atoms with Crippen molar-refractivity contribution in [1.82, 2.24) is 0 Å². The number of hydrogen-bond acceptors (Lipinski definition) is 2. The first kappa shape index (κ1) is 10.7. The molecule has 1 fully saturated rings. The van der Waals surface area contributed by atoms with Crippen molar-refractivity contribution in [3.63, 3.8) is 0 Å². The summed E-state index contributed by atoms with van der Waals surface area (Å²) >= 11 is 0. The van der Waals surface area contributed by atoms with Crippen molar-refractivity contribution < 1.29 is 30.4 Å². The third-order valence-corrected chi connectivity index (χ3v) is 3.71. The second-order valence-corrected chi connectivity index (χ2v) is 4.76. The molecular formula is C5H5F5O2S. The fourth-order valence-electron chi connectivity index (χ4n) is 1.03. The summed E-state index contributed by atoms with van der Waals surface area (Å²) in [7, 11) is -5.20. The minimum Gasteiger partial charge on any atom is -0.247 e. The molecule has 1 saturated heterocycles. The molecule has 0 amide bonds. The van der Waals surface area contributed by atoms with Gasteiger partial charge < -0.3 is 0 Å². The molecule has 2 nitrogen and oxygen atoms in total. The molecule has 0 aliphatic carbocycles. The van der Waals surface area contributed by atoms with Crippen molar-refractivity contribution in [2.24, 2.45) is 0 Å². The van der Waals surface area contributed by atoms with Gasteiger partial charge in [0.1, 0.15) is 6.67 Å². The highest BCUT2D eigenvalue weighted by Gasteiger charge is 2.68. The van der Waals surface area contributed by atoms with E-state index in [9.17, 15) is 30.4 Å². The maximum absolute atomic E-state index is 12.8. The molecular weight excluding hydrogens is 219 g/mol. The Labute approximate surface area is 70.6 Å². The van der Waals surface area contributed by atoms with E-state index in [-0.39, 0.29) is 0 Å². The molecule has 1 aliphatic heterocycles. The first-order valence-electron chi connectivity index (χ1n) is 3.18. The molecule has 78 valence electrons. The zero-order valence-electron chi connectivity index (χ0n) is 6.05. The predicted molar refractivity (Wildman–Crippen MR) is 33.4 cm³/mol. The van der Waals surface area contributed by atoms with Gasteiger partial charge in [0.2, 0.25) is 26.5 Å². The van der Waals surface area contributed by atoms with E-state index in [0.29, 0.717) is 0 Å². The molecule has 0 radical (unpaired) electrons. The van der Waals surface area contributed by atoms with Gasteiger partial charge in [0.15, 0.2) is 6.17 Å². The molecule has 0 aromatic heterocycles. The van der Waals surface area contributed by atoms with Crippen molar-refractivity contribution in [2.75, 3.05) is 6.67 Å². The molecule has 0 N–H and O–H groups in total. The van der Waals surface area contributed by atoms with Crippen molar-refractivity contribution in [2.45, 2.75) is 22.8 Å². The van der Waals surface area contributed by atoms with Crippen LogP contribution in [0.25, 0.3) is 0 Å². The maximum atomic E-state index is 12.8. The van der Waals surface area contributed by atoms with Crippen LogP contribution in [0.3, 0.4) is 0 Å². The van der Waals surface area contributed by atoms with Gasteiger partial charge in [-0.05, 0) is 0 Å². The Kier molecular flexibility index (Phi) is 2.29. The summed E-state index contributed by atoms with van der Waals surface area (Å²) in [4.78, 5) is 0. The SMILES string of the molecule is O=S1(=O)C(F)C(F)C(F)(CF)C1F. The van der Waals surface area contributed by atoms with E-state index < -0.39 is 39.4 Å². The van der Waals surface area contributed by atoms with Crippen LogP contribution in [-0.4, -0.2) is 37.9 Å². The van der Waals surface area contributed by atoms with Crippen LogP contribution in [0.5, 0.6) is 0 Å². The molecule has 8 heteroatoms. The summed E-state index contributed by atoms with van der Waals surface area (Å²) in [5.74, 6) is 0. The van der Waals surface area contributed by atoms with Crippen LogP contribution in [0.1, 0.15) is 0 Å². The van der Waals surface area contributed by atoms with E-state index in [2.05, 4.69) is 0 Å². The molecule has 4 atom stereocenters. The average Bonchev–Trinajstić information content (AvgIpc) is 2.21. The van der Waals surface area contributed by atoms with E-state index in [1.165, 1.54) is 0 Å². The fraction of sp³-hybridized carbons (Fsp3) is 1.00. The first-order chi connectivity index (χ1) is 5.78. The van der Waals surface area contributed by atoms with Crippen molar-refractivity contribution in [3.05, 3.63) is 0 Å². The van der Waals surface area contributed by atoms with Gasteiger partial charge in [-0.2, -0.15) is 0 Å². The lowest BCUT2D eigenvalue weighted by Crippen LogP contribution is -2.42. The Morgan fingerprint density at radius 3 is 1.85 bits per heavy atom. The normalized spacial score (nSPS) is 49.5. The second-order valence-electron chi connectivity index (χ2n) is 2.72. The number of hydrogen-bond donors (Lipinski definition) is 0. The summed E-state index contributed by atoms with van der Waals surface area (Å²) in [6.45, 7) is -2.21. The Hall–Kier alpha value is -0.400. The van der Waals surface area contributed by atoms with Gasteiger partial charge >= 0.3 is 0 Å². The van der Waals surface area contributed by atoms with Gasteiger partial charge in [0.05, 0.1) is 0 Å². The fourth-order valence-corrected chi connectivity index (χ4v) is 2.56. The molecule has 4 unspecified atom stereocenters. The average molecular weight is 224 g/mol. The van der Waals surface area contributed by atoms with E-state index in [1.54, 1.807) is 0 Å². The third kappa shape index (κ3) is 1.14. The minimum atomic E-state index is -5.20. The molecule has 0 aromatic rings. The lowest BCUT2D eigenvalue weighted by atomic mass is 10.1. The zero-order valence-corrected chi connectivity index (χ0v) is 6.87. The van der Waals surface area contributed by atoms with Crippen molar-refractivity contribution >= 4 is 9.84 Å². The highest BCUT2D eigenvalue weighted by atomic mass is 32.2. The van der Waals surface area contributed by atoms with E-state index in [1.807, 2.05) is 0 Å². The summed E-state index contributed by atoms with van der Waals surface area (Å²) in [6.07, 6.45) is -3.31. The van der Waals surface area contributed by atoms with Crippen LogP contribution in [0, 0.1) is 0 Å². The summed E-state index contributed by atoms with van der Waals surface area (Å²) in [6, 6.07) is 0. The summed E-state index contributed by atoms with van der Waals surface area (Å²) in [5, 5.41) is 0. The lowest BCUT2D eigenvalue weighted by Gasteiger charge is -2.17. The van der Waals surface area contributed by atoms with Crippen LogP contribution in [0.4, 0.5) is 22.0 Å². The zero-order chi connectivity index (χ0) is 10.4. The minimum absolute atomic E-state index is 2.21. The second kappa shape index (κ2) is 2.79. The Balaban J connectivity index is 3.21. The van der Waals surface area contributed by atoms with E-state index in [4.69, 9.17) is 0 Å². The van der Waals surface area contributed by atoms with Crippen LogP contribution in [0.2, 0.25) is 0 Å². The molecule has 0 saturated carbocycles. The highest BCUT2D eigenvalue weighted by Crippen LogP contribution is 2.43. The Morgan fingerprint density at radius 2 is 1.69 bits per heavy atom. The molecule has 1 rings (SSSR count). The van der Waals surface area contributed by atoms with Crippen LogP contribution in [0.15, 0.2) is 0 Å². The quantitative estimate of drug-likeness (QED) is 0.623. The van der Waals surface area contributed by atoms with Crippen LogP contribution in [-0.2, 0) is 9.84 Å². The summed E-state index contributed by atoms with van der Waals surface area (Å²) < 4.78 is 83.1. The first-order valence-corrected chi connectivity index (χ1v) is 4.79. The van der Waals surface area contributed by atoms with E-state index in [0.717, 1.165) is 0 Å². The third-order valence-electron chi connectivity index (χ3n) is 1.87. The Bertz CT molecular complexity index is 304. The van der Waals surface area contributed by atoms with Gasteiger partial charge in [0.25, 0.3) is 0 Å². The molecule has 1 aliphatic rings. The van der Waals surface area contributed by atoms with Crippen molar-refractivity contribution in [1.29, 1.82) is 0 Å².